The van der Waals surface area contributed by atoms with E-state index in [0.717, 1.165) is 31.5 Å². The second kappa shape index (κ2) is 6.39. The molecule has 118 valence electrons. The van der Waals surface area contributed by atoms with Gasteiger partial charge in [0.15, 0.2) is 5.03 Å². The van der Waals surface area contributed by atoms with E-state index in [9.17, 15) is 8.42 Å². The Balaban J connectivity index is 2.00. The number of rotatable bonds is 5. The third-order valence-corrected chi connectivity index (χ3v) is 5.51. The van der Waals surface area contributed by atoms with Crippen molar-refractivity contribution in [2.45, 2.75) is 31.3 Å². The number of pyridine rings is 1. The summed E-state index contributed by atoms with van der Waals surface area (Å²) in [6, 6.07) is 3.19. The maximum Gasteiger partial charge on any atom is 0.258 e. The quantitative estimate of drug-likeness (QED) is 0.829. The average Bonchev–Trinajstić information content (AvgIpc) is 2.49. The standard InChI is InChI=1S/C14H24N4O2S/c1-14(5-7-18(2)8-6-14)11-17-21(19,20)13-4-3-12(9-15)10-16-13/h3-4,10,17H,5-9,11,15H2,1-2H3. The zero-order valence-electron chi connectivity index (χ0n) is 12.7. The third-order valence-electron chi connectivity index (χ3n) is 4.19. The van der Waals surface area contributed by atoms with Gasteiger partial charge in [0.2, 0.25) is 0 Å². The lowest BCUT2D eigenvalue weighted by Crippen LogP contribution is -2.43. The van der Waals surface area contributed by atoms with Gasteiger partial charge in [-0.15, -0.1) is 0 Å². The number of sulfonamides is 1. The van der Waals surface area contributed by atoms with Crippen LogP contribution < -0.4 is 10.5 Å². The molecule has 0 spiro atoms. The van der Waals surface area contributed by atoms with E-state index in [1.165, 1.54) is 12.3 Å². The largest absolute Gasteiger partial charge is 0.326 e. The smallest absolute Gasteiger partial charge is 0.258 e. The van der Waals surface area contributed by atoms with Crippen LogP contribution in [0, 0.1) is 5.41 Å². The van der Waals surface area contributed by atoms with Gasteiger partial charge in [-0.2, -0.15) is 0 Å². The van der Waals surface area contributed by atoms with Crippen molar-refractivity contribution in [1.29, 1.82) is 0 Å². The molecule has 1 fully saturated rings. The van der Waals surface area contributed by atoms with Gasteiger partial charge in [-0.25, -0.2) is 18.1 Å². The molecule has 7 heteroatoms. The molecular weight excluding hydrogens is 288 g/mol. The van der Waals surface area contributed by atoms with Crippen LogP contribution in [0.2, 0.25) is 0 Å². The Labute approximate surface area is 126 Å². The van der Waals surface area contributed by atoms with Gasteiger partial charge in [0.25, 0.3) is 10.0 Å². The topological polar surface area (TPSA) is 88.3 Å². The van der Waals surface area contributed by atoms with Gasteiger partial charge < -0.3 is 10.6 Å². The number of likely N-dealkylation sites (tertiary alicyclic amines) is 1. The van der Waals surface area contributed by atoms with E-state index in [-0.39, 0.29) is 10.4 Å². The number of nitrogens with two attached hydrogens (primary N) is 1. The minimum atomic E-state index is -3.55. The van der Waals surface area contributed by atoms with Crippen molar-refractivity contribution in [3.8, 4) is 0 Å². The summed E-state index contributed by atoms with van der Waals surface area (Å²) in [5.74, 6) is 0. The van der Waals surface area contributed by atoms with E-state index in [0.29, 0.717) is 13.1 Å². The molecule has 6 nitrogen and oxygen atoms in total. The van der Waals surface area contributed by atoms with Gasteiger partial charge in [0, 0.05) is 19.3 Å². The Morgan fingerprint density at radius 1 is 1.38 bits per heavy atom. The number of aromatic nitrogens is 1. The van der Waals surface area contributed by atoms with Crippen LogP contribution in [-0.2, 0) is 16.6 Å². The summed E-state index contributed by atoms with van der Waals surface area (Å²) in [5.41, 5.74) is 6.31. The summed E-state index contributed by atoms with van der Waals surface area (Å²) in [5, 5.41) is 0.0521. The van der Waals surface area contributed by atoms with E-state index < -0.39 is 10.0 Å². The lowest BCUT2D eigenvalue weighted by molar-refractivity contribution is 0.143. The second-order valence-electron chi connectivity index (χ2n) is 6.15. The highest BCUT2D eigenvalue weighted by Gasteiger charge is 2.30. The Kier molecular flexibility index (Phi) is 4.98. The number of hydrogen-bond acceptors (Lipinski definition) is 5. The van der Waals surface area contributed by atoms with E-state index in [4.69, 9.17) is 5.73 Å². The number of piperidine rings is 1. The zero-order valence-corrected chi connectivity index (χ0v) is 13.5. The molecule has 1 aromatic rings. The molecular formula is C14H24N4O2S. The van der Waals surface area contributed by atoms with Crippen LogP contribution in [0.5, 0.6) is 0 Å². The Morgan fingerprint density at radius 2 is 2.05 bits per heavy atom. The van der Waals surface area contributed by atoms with Gasteiger partial charge in [-0.05, 0) is 50.0 Å². The summed E-state index contributed by atoms with van der Waals surface area (Å²) in [4.78, 5) is 6.25. The first kappa shape index (κ1) is 16.4. The van der Waals surface area contributed by atoms with E-state index in [1.54, 1.807) is 6.07 Å². The number of nitrogens with one attached hydrogen (secondary N) is 1. The Bertz CT molecular complexity index is 563. The number of hydrogen-bond donors (Lipinski definition) is 2. The first-order valence-electron chi connectivity index (χ1n) is 7.18. The highest BCUT2D eigenvalue weighted by atomic mass is 32.2. The molecule has 3 N–H and O–H groups in total. The molecule has 21 heavy (non-hydrogen) atoms. The molecule has 0 atom stereocenters. The summed E-state index contributed by atoms with van der Waals surface area (Å²) >= 11 is 0. The van der Waals surface area contributed by atoms with E-state index in [1.807, 2.05) is 0 Å². The highest BCUT2D eigenvalue weighted by Crippen LogP contribution is 2.29. The average molecular weight is 312 g/mol. The minimum absolute atomic E-state index is 0.0107. The number of nitrogens with zero attached hydrogens (tertiary/aromatic N) is 2. The summed E-state index contributed by atoms with van der Waals surface area (Å²) in [6.07, 6.45) is 3.49. The van der Waals surface area contributed by atoms with Crippen LogP contribution in [-0.4, -0.2) is 45.0 Å². The fourth-order valence-corrected chi connectivity index (χ4v) is 3.49. The van der Waals surface area contributed by atoms with Gasteiger partial charge in [-0.3, -0.25) is 0 Å². The molecule has 1 aromatic heterocycles. The van der Waals surface area contributed by atoms with Crippen molar-refractivity contribution in [2.24, 2.45) is 11.1 Å². The first-order chi connectivity index (χ1) is 9.85. The predicted octanol–water partition coefficient (Wildman–Crippen LogP) is 0.551. The van der Waals surface area contributed by atoms with Crippen LogP contribution in [0.25, 0.3) is 0 Å². The van der Waals surface area contributed by atoms with Crippen molar-refractivity contribution >= 4 is 10.0 Å². The molecule has 0 aromatic carbocycles. The molecule has 2 heterocycles. The molecule has 0 amide bonds. The fourth-order valence-electron chi connectivity index (χ4n) is 2.37. The molecule has 2 rings (SSSR count). The van der Waals surface area contributed by atoms with Crippen molar-refractivity contribution in [3.05, 3.63) is 23.9 Å². The van der Waals surface area contributed by atoms with Gasteiger partial charge in [0.1, 0.15) is 0 Å². The molecule has 0 saturated carbocycles. The Hall–Kier alpha value is -1.02. The summed E-state index contributed by atoms with van der Waals surface area (Å²) < 4.78 is 27.2. The van der Waals surface area contributed by atoms with Crippen LogP contribution in [0.3, 0.4) is 0 Å². The normalized spacial score (nSPS) is 19.6. The third kappa shape index (κ3) is 4.23. The van der Waals surface area contributed by atoms with Crippen LogP contribution in [0.4, 0.5) is 0 Å². The molecule has 1 aliphatic heterocycles. The zero-order chi connectivity index (χ0) is 15.5. The maximum atomic E-state index is 12.3. The van der Waals surface area contributed by atoms with Crippen molar-refractivity contribution in [1.82, 2.24) is 14.6 Å². The molecule has 1 aliphatic rings. The molecule has 0 radical (unpaired) electrons. The van der Waals surface area contributed by atoms with Gasteiger partial charge >= 0.3 is 0 Å². The summed E-state index contributed by atoms with van der Waals surface area (Å²) in [6.45, 7) is 4.94. The van der Waals surface area contributed by atoms with E-state index >= 15 is 0 Å². The lowest BCUT2D eigenvalue weighted by Gasteiger charge is -2.37. The molecule has 0 aliphatic carbocycles. The van der Waals surface area contributed by atoms with E-state index in [2.05, 4.69) is 28.6 Å². The first-order valence-corrected chi connectivity index (χ1v) is 8.66. The SMILES string of the molecule is CN1CCC(C)(CNS(=O)(=O)c2ccc(CN)cn2)CC1. The van der Waals surface area contributed by atoms with Crippen molar-refractivity contribution < 1.29 is 8.42 Å². The summed E-state index contributed by atoms with van der Waals surface area (Å²) in [7, 11) is -1.46. The van der Waals surface area contributed by atoms with Crippen LogP contribution in [0.1, 0.15) is 25.3 Å². The van der Waals surface area contributed by atoms with Crippen molar-refractivity contribution in [3.63, 3.8) is 0 Å². The maximum absolute atomic E-state index is 12.3. The molecule has 1 saturated heterocycles. The minimum Gasteiger partial charge on any atom is -0.326 e. The monoisotopic (exact) mass is 312 g/mol. The van der Waals surface area contributed by atoms with Crippen molar-refractivity contribution in [2.75, 3.05) is 26.7 Å². The fraction of sp³-hybridized carbons (Fsp3) is 0.643. The van der Waals surface area contributed by atoms with Gasteiger partial charge in [0.05, 0.1) is 0 Å². The predicted molar refractivity (Wildman–Crippen MR) is 82.2 cm³/mol. The van der Waals surface area contributed by atoms with Gasteiger partial charge in [-0.1, -0.05) is 13.0 Å². The highest BCUT2D eigenvalue weighted by molar-refractivity contribution is 7.89. The Morgan fingerprint density at radius 3 is 2.57 bits per heavy atom. The molecule has 0 unspecified atom stereocenters. The van der Waals surface area contributed by atoms with Crippen LogP contribution >= 0.6 is 0 Å². The lowest BCUT2D eigenvalue weighted by atomic mass is 9.81. The second-order valence-corrected chi connectivity index (χ2v) is 7.86. The molecule has 0 bridgehead atoms. The van der Waals surface area contributed by atoms with Crippen LogP contribution in [0.15, 0.2) is 23.4 Å².